The third-order valence-corrected chi connectivity index (χ3v) is 2.21. The Morgan fingerprint density at radius 1 is 1.58 bits per heavy atom. The zero-order valence-corrected chi connectivity index (χ0v) is 8.73. The minimum atomic E-state index is -0.146. The van der Waals surface area contributed by atoms with Crippen LogP contribution in [0.25, 0.3) is 0 Å². The van der Waals surface area contributed by atoms with Crippen LogP contribution < -0.4 is 5.73 Å². The van der Waals surface area contributed by atoms with E-state index in [4.69, 9.17) is 10.8 Å². The molecule has 1 heterocycles. The lowest BCUT2D eigenvalue weighted by atomic mass is 10.1. The molecule has 1 rings (SSSR count). The van der Waals surface area contributed by atoms with Crippen molar-refractivity contribution in [2.45, 2.75) is 12.5 Å². The number of rotatable bonds is 3. The van der Waals surface area contributed by atoms with Crippen molar-refractivity contribution in [3.05, 3.63) is 27.6 Å². The number of nitrogens with two attached hydrogens (primary N) is 1. The van der Waals surface area contributed by atoms with Crippen molar-refractivity contribution in [2.24, 2.45) is 5.73 Å². The van der Waals surface area contributed by atoms with E-state index >= 15 is 0 Å². The van der Waals surface area contributed by atoms with Crippen LogP contribution in [0.4, 0.5) is 0 Å². The Kier molecular flexibility index (Phi) is 3.90. The minimum Gasteiger partial charge on any atom is -0.396 e. The highest BCUT2D eigenvalue weighted by atomic mass is 127. The molecule has 0 spiro atoms. The third-order valence-electron chi connectivity index (χ3n) is 1.57. The van der Waals surface area contributed by atoms with Crippen molar-refractivity contribution in [1.29, 1.82) is 0 Å². The number of pyridine rings is 1. The fourth-order valence-corrected chi connectivity index (χ4v) is 1.21. The molecule has 0 bridgehead atoms. The quantitative estimate of drug-likeness (QED) is 0.813. The number of hydrogen-bond donors (Lipinski definition) is 2. The molecule has 1 unspecified atom stereocenters. The zero-order valence-electron chi connectivity index (χ0n) is 6.57. The number of aliphatic hydroxyl groups is 1. The molecule has 66 valence electrons. The highest BCUT2D eigenvalue weighted by Crippen LogP contribution is 2.11. The Morgan fingerprint density at radius 3 is 2.83 bits per heavy atom. The lowest BCUT2D eigenvalue weighted by Gasteiger charge is -2.08. The van der Waals surface area contributed by atoms with E-state index in [9.17, 15) is 0 Å². The summed E-state index contributed by atoms with van der Waals surface area (Å²) in [5.41, 5.74) is 6.57. The molecule has 0 aliphatic rings. The lowest BCUT2D eigenvalue weighted by Crippen LogP contribution is -2.13. The molecule has 0 aromatic carbocycles. The summed E-state index contributed by atoms with van der Waals surface area (Å²) >= 11 is 2.19. The Balaban J connectivity index is 2.68. The largest absolute Gasteiger partial charge is 0.396 e. The van der Waals surface area contributed by atoms with E-state index in [1.54, 1.807) is 6.20 Å². The molecule has 0 saturated heterocycles. The summed E-state index contributed by atoms with van der Waals surface area (Å²) in [5, 5.41) is 8.64. The van der Waals surface area contributed by atoms with Crippen molar-refractivity contribution < 1.29 is 5.11 Å². The van der Waals surface area contributed by atoms with Crippen molar-refractivity contribution in [3.63, 3.8) is 0 Å². The van der Waals surface area contributed by atoms with Gasteiger partial charge in [0.2, 0.25) is 0 Å². The summed E-state index contributed by atoms with van der Waals surface area (Å²) in [6.07, 6.45) is 2.33. The Labute approximate surface area is 85.1 Å². The van der Waals surface area contributed by atoms with Crippen LogP contribution in [0.2, 0.25) is 0 Å². The van der Waals surface area contributed by atoms with E-state index in [0.29, 0.717) is 6.42 Å². The van der Waals surface area contributed by atoms with Gasteiger partial charge < -0.3 is 10.8 Å². The molecule has 4 heteroatoms. The van der Waals surface area contributed by atoms with Gasteiger partial charge in [0.15, 0.2) is 0 Å². The fraction of sp³-hybridized carbons (Fsp3) is 0.375. The van der Waals surface area contributed by atoms with Gasteiger partial charge in [0.1, 0.15) is 0 Å². The Hall–Kier alpha value is -0.200. The molecule has 0 amide bonds. The second-order valence-electron chi connectivity index (χ2n) is 2.52. The van der Waals surface area contributed by atoms with Crippen LogP contribution in [0, 0.1) is 3.57 Å². The van der Waals surface area contributed by atoms with Gasteiger partial charge in [-0.3, -0.25) is 4.98 Å². The Morgan fingerprint density at radius 2 is 2.33 bits per heavy atom. The minimum absolute atomic E-state index is 0.106. The van der Waals surface area contributed by atoms with Gasteiger partial charge in [0, 0.05) is 22.4 Å². The van der Waals surface area contributed by atoms with E-state index in [0.717, 1.165) is 9.26 Å². The number of halogens is 1. The molecular weight excluding hydrogens is 267 g/mol. The zero-order chi connectivity index (χ0) is 8.97. The van der Waals surface area contributed by atoms with Crippen LogP contribution in [0.5, 0.6) is 0 Å². The highest BCUT2D eigenvalue weighted by Gasteiger charge is 2.05. The van der Waals surface area contributed by atoms with E-state index in [-0.39, 0.29) is 12.6 Å². The van der Waals surface area contributed by atoms with Gasteiger partial charge in [-0.2, -0.15) is 0 Å². The van der Waals surface area contributed by atoms with E-state index in [2.05, 4.69) is 27.6 Å². The lowest BCUT2D eigenvalue weighted by molar-refractivity contribution is 0.275. The molecular formula is C8H11IN2O. The highest BCUT2D eigenvalue weighted by molar-refractivity contribution is 14.1. The summed E-state index contributed by atoms with van der Waals surface area (Å²) in [5.74, 6) is 0. The summed E-state index contributed by atoms with van der Waals surface area (Å²) in [6, 6.07) is 3.70. The van der Waals surface area contributed by atoms with Gasteiger partial charge in [0.25, 0.3) is 0 Å². The smallest absolute Gasteiger partial charge is 0.0572 e. The predicted octanol–water partition coefficient (Wildman–Crippen LogP) is 1.07. The van der Waals surface area contributed by atoms with E-state index < -0.39 is 0 Å². The monoisotopic (exact) mass is 278 g/mol. The summed E-state index contributed by atoms with van der Waals surface area (Å²) in [6.45, 7) is 0.106. The van der Waals surface area contributed by atoms with Gasteiger partial charge >= 0.3 is 0 Å². The predicted molar refractivity (Wildman–Crippen MR) is 55.6 cm³/mol. The van der Waals surface area contributed by atoms with Crippen LogP contribution >= 0.6 is 22.6 Å². The molecule has 0 saturated carbocycles. The van der Waals surface area contributed by atoms with Crippen LogP contribution in [0.15, 0.2) is 18.3 Å². The summed E-state index contributed by atoms with van der Waals surface area (Å²) in [7, 11) is 0. The third kappa shape index (κ3) is 2.69. The van der Waals surface area contributed by atoms with Crippen LogP contribution in [0.1, 0.15) is 18.2 Å². The van der Waals surface area contributed by atoms with Crippen LogP contribution in [0.3, 0.4) is 0 Å². The molecule has 0 aliphatic heterocycles. The molecule has 1 aromatic heterocycles. The topological polar surface area (TPSA) is 59.1 Å². The molecule has 0 fully saturated rings. The molecule has 12 heavy (non-hydrogen) atoms. The van der Waals surface area contributed by atoms with Gasteiger partial charge in [-0.05, 0) is 41.1 Å². The SMILES string of the molecule is NC(CCO)c1ccc(I)cn1. The molecule has 1 atom stereocenters. The molecule has 3 N–H and O–H groups in total. The van der Waals surface area contributed by atoms with E-state index in [1.807, 2.05) is 12.1 Å². The standard InChI is InChI=1S/C8H11IN2O/c9-6-1-2-8(11-5-6)7(10)3-4-12/h1-2,5,7,12H,3-4,10H2. The fourth-order valence-electron chi connectivity index (χ4n) is 0.894. The average Bonchev–Trinajstić information content (AvgIpc) is 2.06. The molecule has 1 aromatic rings. The van der Waals surface area contributed by atoms with Crippen molar-refractivity contribution in [1.82, 2.24) is 4.98 Å². The second kappa shape index (κ2) is 4.74. The van der Waals surface area contributed by atoms with Gasteiger partial charge in [-0.15, -0.1) is 0 Å². The van der Waals surface area contributed by atoms with Crippen LogP contribution in [-0.4, -0.2) is 16.7 Å². The maximum Gasteiger partial charge on any atom is 0.0572 e. The Bertz CT molecular complexity index is 237. The van der Waals surface area contributed by atoms with E-state index in [1.165, 1.54) is 0 Å². The molecule has 0 aliphatic carbocycles. The van der Waals surface area contributed by atoms with Gasteiger partial charge in [-0.25, -0.2) is 0 Å². The van der Waals surface area contributed by atoms with Crippen molar-refractivity contribution in [2.75, 3.05) is 6.61 Å². The first-order valence-electron chi connectivity index (χ1n) is 3.72. The van der Waals surface area contributed by atoms with Crippen molar-refractivity contribution >= 4 is 22.6 Å². The maximum atomic E-state index is 8.64. The van der Waals surface area contributed by atoms with Gasteiger partial charge in [0.05, 0.1) is 5.69 Å². The van der Waals surface area contributed by atoms with Crippen molar-refractivity contribution in [3.8, 4) is 0 Å². The number of aromatic nitrogens is 1. The van der Waals surface area contributed by atoms with Gasteiger partial charge in [-0.1, -0.05) is 0 Å². The number of nitrogens with zero attached hydrogens (tertiary/aromatic N) is 1. The normalized spacial score (nSPS) is 12.9. The number of hydrogen-bond acceptors (Lipinski definition) is 3. The molecule has 3 nitrogen and oxygen atoms in total. The first-order valence-corrected chi connectivity index (χ1v) is 4.80. The maximum absolute atomic E-state index is 8.64. The van der Waals surface area contributed by atoms with Crippen LogP contribution in [-0.2, 0) is 0 Å². The first-order chi connectivity index (χ1) is 5.74. The summed E-state index contributed by atoms with van der Waals surface area (Å²) < 4.78 is 1.09. The average molecular weight is 278 g/mol. The second-order valence-corrected chi connectivity index (χ2v) is 3.77. The first kappa shape index (κ1) is 9.88. The number of aliphatic hydroxyl groups excluding tert-OH is 1. The molecule has 0 radical (unpaired) electrons. The summed E-state index contributed by atoms with van der Waals surface area (Å²) in [4.78, 5) is 4.15.